The summed E-state index contributed by atoms with van der Waals surface area (Å²) >= 11 is 0. The zero-order valence-electron chi connectivity index (χ0n) is 14.5. The number of hydrogen-bond acceptors (Lipinski definition) is 4. The van der Waals surface area contributed by atoms with Crippen molar-refractivity contribution in [3.05, 3.63) is 0 Å². The van der Waals surface area contributed by atoms with Crippen molar-refractivity contribution in [3.63, 3.8) is 0 Å². The number of amides is 3. The topological polar surface area (TPSA) is 87.9 Å². The smallest absolute Gasteiger partial charge is 0.410 e. The lowest BCUT2D eigenvalue weighted by Gasteiger charge is -2.33. The molecule has 0 aromatic rings. The van der Waals surface area contributed by atoms with Gasteiger partial charge < -0.3 is 25.6 Å². The number of hydrogen-bond donors (Lipinski definition) is 2. The van der Waals surface area contributed by atoms with Gasteiger partial charge in [0.1, 0.15) is 5.60 Å². The normalized spacial score (nSPS) is 23.2. The standard InChI is InChI=1S/C16H30N4O3/c1-16(2,3)23-15(22)20-8-4-5-13(20)11-18-12-6-9-19(10-7-12)14(17)21/h12-13,18H,4-11H2,1-3H3,(H2,17,21). The summed E-state index contributed by atoms with van der Waals surface area (Å²) in [7, 11) is 0. The van der Waals surface area contributed by atoms with Crippen molar-refractivity contribution >= 4 is 12.1 Å². The van der Waals surface area contributed by atoms with Crippen LogP contribution < -0.4 is 11.1 Å². The van der Waals surface area contributed by atoms with Crippen LogP contribution in [0, 0.1) is 0 Å². The highest BCUT2D eigenvalue weighted by Crippen LogP contribution is 2.21. The zero-order chi connectivity index (χ0) is 17.0. The van der Waals surface area contributed by atoms with E-state index in [9.17, 15) is 9.59 Å². The molecule has 3 amide bonds. The lowest BCUT2D eigenvalue weighted by Crippen LogP contribution is -2.50. The fourth-order valence-electron chi connectivity index (χ4n) is 3.22. The predicted octanol–water partition coefficient (Wildman–Crippen LogP) is 1.52. The number of likely N-dealkylation sites (tertiary alicyclic amines) is 2. The molecule has 3 N–H and O–H groups in total. The molecule has 1 unspecified atom stereocenters. The number of nitrogens with two attached hydrogens (primary N) is 1. The lowest BCUT2D eigenvalue weighted by atomic mass is 10.0. The molecule has 2 fully saturated rings. The molecular formula is C16H30N4O3. The van der Waals surface area contributed by atoms with E-state index in [4.69, 9.17) is 10.5 Å². The van der Waals surface area contributed by atoms with Gasteiger partial charge in [-0.05, 0) is 46.5 Å². The Bertz CT molecular complexity index is 428. The van der Waals surface area contributed by atoms with E-state index in [0.717, 1.165) is 38.8 Å². The summed E-state index contributed by atoms with van der Waals surface area (Å²) in [4.78, 5) is 26.9. The maximum atomic E-state index is 12.3. The molecule has 7 nitrogen and oxygen atoms in total. The summed E-state index contributed by atoms with van der Waals surface area (Å²) < 4.78 is 5.49. The van der Waals surface area contributed by atoms with E-state index >= 15 is 0 Å². The largest absolute Gasteiger partial charge is 0.444 e. The maximum absolute atomic E-state index is 12.3. The molecule has 2 aliphatic heterocycles. The van der Waals surface area contributed by atoms with Crippen molar-refractivity contribution in [2.45, 2.75) is 64.1 Å². The molecule has 2 aliphatic rings. The van der Waals surface area contributed by atoms with Crippen molar-refractivity contribution in [3.8, 4) is 0 Å². The van der Waals surface area contributed by atoms with E-state index < -0.39 is 5.60 Å². The van der Waals surface area contributed by atoms with E-state index in [0.29, 0.717) is 19.1 Å². The Balaban J connectivity index is 1.76. The highest BCUT2D eigenvalue weighted by atomic mass is 16.6. The van der Waals surface area contributed by atoms with Gasteiger partial charge in [0.05, 0.1) is 0 Å². The molecule has 2 heterocycles. The summed E-state index contributed by atoms with van der Waals surface area (Å²) in [6, 6.07) is 0.237. The number of nitrogens with zero attached hydrogens (tertiary/aromatic N) is 2. The van der Waals surface area contributed by atoms with Crippen LogP contribution in [0.1, 0.15) is 46.5 Å². The van der Waals surface area contributed by atoms with Crippen molar-refractivity contribution < 1.29 is 14.3 Å². The van der Waals surface area contributed by atoms with E-state index in [2.05, 4.69) is 5.32 Å². The third kappa shape index (κ3) is 5.27. The van der Waals surface area contributed by atoms with E-state index in [1.165, 1.54) is 0 Å². The first-order valence-electron chi connectivity index (χ1n) is 8.53. The molecule has 0 aromatic heterocycles. The minimum Gasteiger partial charge on any atom is -0.444 e. The summed E-state index contributed by atoms with van der Waals surface area (Å²) in [6.45, 7) is 8.62. The third-order valence-electron chi connectivity index (χ3n) is 4.45. The maximum Gasteiger partial charge on any atom is 0.410 e. The Morgan fingerprint density at radius 3 is 2.39 bits per heavy atom. The van der Waals surface area contributed by atoms with Crippen LogP contribution >= 0.6 is 0 Å². The second-order valence-corrected chi connectivity index (χ2v) is 7.48. The molecule has 0 spiro atoms. The van der Waals surface area contributed by atoms with Gasteiger partial charge in [-0.3, -0.25) is 0 Å². The fourth-order valence-corrected chi connectivity index (χ4v) is 3.22. The third-order valence-corrected chi connectivity index (χ3v) is 4.45. The molecule has 2 rings (SSSR count). The van der Waals surface area contributed by atoms with Crippen LogP contribution in [0.4, 0.5) is 9.59 Å². The van der Waals surface area contributed by atoms with Crippen LogP contribution in [-0.2, 0) is 4.74 Å². The van der Waals surface area contributed by atoms with Crippen molar-refractivity contribution in [1.29, 1.82) is 0 Å². The minimum absolute atomic E-state index is 0.194. The lowest BCUT2D eigenvalue weighted by molar-refractivity contribution is 0.0223. The van der Waals surface area contributed by atoms with Crippen LogP contribution in [0.5, 0.6) is 0 Å². The molecule has 7 heteroatoms. The van der Waals surface area contributed by atoms with Gasteiger partial charge in [0.15, 0.2) is 0 Å². The molecule has 0 bridgehead atoms. The number of ether oxygens (including phenoxy) is 1. The van der Waals surface area contributed by atoms with Gasteiger partial charge in [-0.15, -0.1) is 0 Å². The summed E-state index contributed by atoms with van der Waals surface area (Å²) in [5, 5.41) is 3.54. The Labute approximate surface area is 138 Å². The van der Waals surface area contributed by atoms with Crippen LogP contribution in [-0.4, -0.2) is 65.8 Å². The van der Waals surface area contributed by atoms with E-state index in [1.54, 1.807) is 4.90 Å². The van der Waals surface area contributed by atoms with Gasteiger partial charge in [0.2, 0.25) is 0 Å². The Hall–Kier alpha value is -1.50. The SMILES string of the molecule is CC(C)(C)OC(=O)N1CCCC1CNC1CCN(C(N)=O)CC1. The first kappa shape index (κ1) is 17.8. The van der Waals surface area contributed by atoms with Gasteiger partial charge in [-0.1, -0.05) is 0 Å². The average molecular weight is 326 g/mol. The number of primary amides is 1. The van der Waals surface area contributed by atoms with Crippen LogP contribution in [0.25, 0.3) is 0 Å². The quantitative estimate of drug-likeness (QED) is 0.823. The monoisotopic (exact) mass is 326 g/mol. The van der Waals surface area contributed by atoms with Crippen molar-refractivity contribution in [2.75, 3.05) is 26.2 Å². The summed E-state index contributed by atoms with van der Waals surface area (Å²) in [5.41, 5.74) is 4.84. The van der Waals surface area contributed by atoms with Gasteiger partial charge in [0, 0.05) is 38.3 Å². The number of rotatable bonds is 3. The molecule has 0 radical (unpaired) electrons. The molecule has 132 valence electrons. The van der Waals surface area contributed by atoms with Gasteiger partial charge in [0.25, 0.3) is 0 Å². The van der Waals surface area contributed by atoms with Crippen LogP contribution in [0.2, 0.25) is 0 Å². The molecule has 0 aromatic carbocycles. The summed E-state index contributed by atoms with van der Waals surface area (Å²) in [5.74, 6) is 0. The van der Waals surface area contributed by atoms with Crippen LogP contribution in [0.15, 0.2) is 0 Å². The van der Waals surface area contributed by atoms with E-state index in [1.807, 2.05) is 25.7 Å². The average Bonchev–Trinajstić information content (AvgIpc) is 2.92. The van der Waals surface area contributed by atoms with Crippen LogP contribution in [0.3, 0.4) is 0 Å². The van der Waals surface area contributed by atoms with Crippen molar-refractivity contribution in [1.82, 2.24) is 15.1 Å². The van der Waals surface area contributed by atoms with Gasteiger partial charge in [-0.25, -0.2) is 9.59 Å². The molecular weight excluding hydrogens is 296 g/mol. The molecule has 0 aliphatic carbocycles. The van der Waals surface area contributed by atoms with Gasteiger partial charge >= 0.3 is 12.1 Å². The molecule has 0 saturated carbocycles. The first-order valence-corrected chi connectivity index (χ1v) is 8.53. The number of urea groups is 1. The molecule has 1 atom stereocenters. The summed E-state index contributed by atoms with van der Waals surface area (Å²) in [6.07, 6.45) is 3.62. The second-order valence-electron chi connectivity index (χ2n) is 7.48. The highest BCUT2D eigenvalue weighted by molar-refractivity contribution is 5.72. The number of piperidine rings is 1. The Morgan fingerprint density at radius 2 is 1.83 bits per heavy atom. The highest BCUT2D eigenvalue weighted by Gasteiger charge is 2.32. The molecule has 2 saturated heterocycles. The molecule has 23 heavy (non-hydrogen) atoms. The number of nitrogens with one attached hydrogen (secondary N) is 1. The number of carbonyl (C=O) groups excluding carboxylic acids is 2. The number of carbonyl (C=O) groups is 2. The Kier molecular flexibility index (Phi) is 5.73. The predicted molar refractivity (Wildman–Crippen MR) is 88.1 cm³/mol. The Morgan fingerprint density at radius 1 is 1.17 bits per heavy atom. The van der Waals surface area contributed by atoms with E-state index in [-0.39, 0.29) is 18.2 Å². The first-order chi connectivity index (χ1) is 10.8. The van der Waals surface area contributed by atoms with Crippen molar-refractivity contribution in [2.24, 2.45) is 5.73 Å². The minimum atomic E-state index is -0.459. The van der Waals surface area contributed by atoms with Gasteiger partial charge in [-0.2, -0.15) is 0 Å². The fraction of sp³-hybridized carbons (Fsp3) is 0.875. The zero-order valence-corrected chi connectivity index (χ0v) is 14.5. The second kappa shape index (κ2) is 7.38.